The molecule has 0 heterocycles. The van der Waals surface area contributed by atoms with Crippen LogP contribution in [0.5, 0.6) is 0 Å². The van der Waals surface area contributed by atoms with E-state index in [1.54, 1.807) is 0 Å². The van der Waals surface area contributed by atoms with Crippen molar-refractivity contribution in [1.82, 2.24) is 0 Å². The van der Waals surface area contributed by atoms with E-state index < -0.39 is 0 Å². The van der Waals surface area contributed by atoms with Crippen LogP contribution in [0, 0.1) is 6.92 Å². The molecule has 0 saturated heterocycles. The summed E-state index contributed by atoms with van der Waals surface area (Å²) in [6.45, 7) is 5.97. The van der Waals surface area contributed by atoms with Gasteiger partial charge in [0, 0.05) is 6.61 Å². The van der Waals surface area contributed by atoms with Crippen LogP contribution in [0.1, 0.15) is 6.92 Å². The highest BCUT2D eigenvalue weighted by molar-refractivity contribution is 4.54. The first-order valence-corrected chi connectivity index (χ1v) is 2.36. The summed E-state index contributed by atoms with van der Waals surface area (Å²) >= 11 is 0. The van der Waals surface area contributed by atoms with Gasteiger partial charge in [0.05, 0.1) is 12.7 Å². The van der Waals surface area contributed by atoms with Crippen LogP contribution in [0.25, 0.3) is 0 Å². The maximum absolute atomic E-state index is 8.28. The van der Waals surface area contributed by atoms with E-state index in [2.05, 4.69) is 6.92 Å². The fourth-order valence-corrected chi connectivity index (χ4v) is 0.288. The topological polar surface area (TPSA) is 29.5 Å². The third-order valence-corrected chi connectivity index (χ3v) is 0.606. The SMILES string of the molecule is [CH2]C(CO)OCC. The van der Waals surface area contributed by atoms with E-state index in [0.29, 0.717) is 6.61 Å². The van der Waals surface area contributed by atoms with Crippen molar-refractivity contribution >= 4 is 0 Å². The van der Waals surface area contributed by atoms with Crippen LogP contribution in [0.15, 0.2) is 0 Å². The number of ether oxygens (including phenoxy) is 1. The molecule has 0 aliphatic heterocycles. The third-order valence-electron chi connectivity index (χ3n) is 0.606. The van der Waals surface area contributed by atoms with Crippen LogP contribution >= 0.6 is 0 Å². The standard InChI is InChI=1S/C5H11O2/c1-3-7-5(2)4-6/h5-6H,2-4H2,1H3. The van der Waals surface area contributed by atoms with Crippen LogP contribution in [0.2, 0.25) is 0 Å². The van der Waals surface area contributed by atoms with Gasteiger partial charge in [-0.15, -0.1) is 0 Å². The normalized spacial score (nSPS) is 14.1. The maximum Gasteiger partial charge on any atom is 0.0806 e. The molecular weight excluding hydrogens is 92.1 g/mol. The van der Waals surface area contributed by atoms with E-state index in [1.807, 2.05) is 6.92 Å². The lowest BCUT2D eigenvalue weighted by molar-refractivity contribution is 0.0490. The molecule has 7 heavy (non-hydrogen) atoms. The molecule has 0 aliphatic carbocycles. The lowest BCUT2D eigenvalue weighted by Gasteiger charge is -2.04. The van der Waals surface area contributed by atoms with Gasteiger partial charge in [-0.1, -0.05) is 0 Å². The van der Waals surface area contributed by atoms with Crippen molar-refractivity contribution in [3.8, 4) is 0 Å². The van der Waals surface area contributed by atoms with Gasteiger partial charge in [0.1, 0.15) is 0 Å². The van der Waals surface area contributed by atoms with E-state index >= 15 is 0 Å². The minimum absolute atomic E-state index is 0.00778. The molecule has 2 nitrogen and oxygen atoms in total. The molecular formula is C5H11O2. The Morgan fingerprint density at radius 3 is 2.57 bits per heavy atom. The number of aliphatic hydroxyl groups excluding tert-OH is 1. The summed E-state index contributed by atoms with van der Waals surface area (Å²) in [7, 11) is 0. The smallest absolute Gasteiger partial charge is 0.0806 e. The first kappa shape index (κ1) is 6.92. The second kappa shape index (κ2) is 4.09. The summed E-state index contributed by atoms with van der Waals surface area (Å²) in [4.78, 5) is 0. The number of hydrogen-bond donors (Lipinski definition) is 1. The molecule has 0 aromatic rings. The first-order valence-electron chi connectivity index (χ1n) is 2.36. The summed E-state index contributed by atoms with van der Waals surface area (Å²) < 4.78 is 4.83. The van der Waals surface area contributed by atoms with Crippen LogP contribution in [0.4, 0.5) is 0 Å². The molecule has 1 atom stereocenters. The van der Waals surface area contributed by atoms with E-state index in [-0.39, 0.29) is 12.7 Å². The molecule has 0 saturated carbocycles. The lowest BCUT2D eigenvalue weighted by atomic mass is 10.4. The number of rotatable bonds is 3. The molecule has 0 aliphatic rings. The molecule has 0 spiro atoms. The van der Waals surface area contributed by atoms with Gasteiger partial charge in [0.25, 0.3) is 0 Å². The van der Waals surface area contributed by atoms with Gasteiger partial charge in [-0.25, -0.2) is 0 Å². The molecule has 2 heteroatoms. The number of hydrogen-bond acceptors (Lipinski definition) is 2. The Kier molecular flexibility index (Phi) is 4.04. The zero-order chi connectivity index (χ0) is 5.70. The maximum atomic E-state index is 8.28. The largest absolute Gasteiger partial charge is 0.394 e. The van der Waals surface area contributed by atoms with E-state index in [1.165, 1.54) is 0 Å². The van der Waals surface area contributed by atoms with Crippen LogP contribution in [-0.4, -0.2) is 24.4 Å². The van der Waals surface area contributed by atoms with Crippen molar-refractivity contribution in [2.75, 3.05) is 13.2 Å². The van der Waals surface area contributed by atoms with E-state index in [0.717, 1.165) is 0 Å². The van der Waals surface area contributed by atoms with Crippen LogP contribution < -0.4 is 0 Å². The zero-order valence-corrected chi connectivity index (χ0v) is 4.55. The average molecular weight is 103 g/mol. The van der Waals surface area contributed by atoms with Gasteiger partial charge in [-0.2, -0.15) is 0 Å². The summed E-state index contributed by atoms with van der Waals surface area (Å²) in [6.07, 6.45) is -0.245. The third kappa shape index (κ3) is 3.76. The highest BCUT2D eigenvalue weighted by Crippen LogP contribution is 1.84. The summed E-state index contributed by atoms with van der Waals surface area (Å²) in [5, 5.41) is 8.28. The summed E-state index contributed by atoms with van der Waals surface area (Å²) in [5.41, 5.74) is 0. The van der Waals surface area contributed by atoms with Gasteiger partial charge in [-0.3, -0.25) is 0 Å². The number of aliphatic hydroxyl groups is 1. The quantitative estimate of drug-likeness (QED) is 0.553. The Bertz CT molecular complexity index is 37.1. The Balaban J connectivity index is 2.83. The van der Waals surface area contributed by atoms with Crippen LogP contribution in [-0.2, 0) is 4.74 Å². The van der Waals surface area contributed by atoms with E-state index in [4.69, 9.17) is 9.84 Å². The Labute approximate surface area is 44.1 Å². The van der Waals surface area contributed by atoms with Crippen molar-refractivity contribution in [3.63, 3.8) is 0 Å². The van der Waals surface area contributed by atoms with Crippen molar-refractivity contribution in [1.29, 1.82) is 0 Å². The minimum atomic E-state index is -0.245. The van der Waals surface area contributed by atoms with Gasteiger partial charge in [0.2, 0.25) is 0 Å². The molecule has 1 radical (unpaired) electrons. The Morgan fingerprint density at radius 1 is 1.86 bits per heavy atom. The first-order chi connectivity index (χ1) is 3.31. The predicted molar refractivity (Wildman–Crippen MR) is 27.9 cm³/mol. The van der Waals surface area contributed by atoms with E-state index in [9.17, 15) is 0 Å². The molecule has 0 bridgehead atoms. The Morgan fingerprint density at radius 2 is 2.43 bits per heavy atom. The molecule has 43 valence electrons. The fraction of sp³-hybridized carbons (Fsp3) is 0.800. The molecule has 0 rings (SSSR count). The highest BCUT2D eigenvalue weighted by atomic mass is 16.5. The summed E-state index contributed by atoms with van der Waals surface area (Å²) in [5.74, 6) is 0. The Hall–Kier alpha value is -0.0800. The van der Waals surface area contributed by atoms with Gasteiger partial charge < -0.3 is 9.84 Å². The molecule has 0 aromatic carbocycles. The second-order valence-electron chi connectivity index (χ2n) is 1.26. The lowest BCUT2D eigenvalue weighted by Crippen LogP contribution is -2.12. The minimum Gasteiger partial charge on any atom is -0.394 e. The monoisotopic (exact) mass is 103 g/mol. The van der Waals surface area contributed by atoms with Crippen LogP contribution in [0.3, 0.4) is 0 Å². The zero-order valence-electron chi connectivity index (χ0n) is 4.55. The van der Waals surface area contributed by atoms with Crippen molar-refractivity contribution < 1.29 is 9.84 Å². The molecule has 0 amide bonds. The average Bonchev–Trinajstić information content (AvgIpc) is 1.68. The molecule has 1 N–H and O–H groups in total. The fourth-order valence-electron chi connectivity index (χ4n) is 0.288. The molecule has 0 fully saturated rings. The van der Waals surface area contributed by atoms with Crippen molar-refractivity contribution in [2.45, 2.75) is 13.0 Å². The van der Waals surface area contributed by atoms with Gasteiger partial charge >= 0.3 is 0 Å². The predicted octanol–water partition coefficient (Wildman–Crippen LogP) is 0.218. The second-order valence-corrected chi connectivity index (χ2v) is 1.26. The van der Waals surface area contributed by atoms with Crippen molar-refractivity contribution in [3.05, 3.63) is 6.92 Å². The summed E-state index contributed by atoms with van der Waals surface area (Å²) in [6, 6.07) is 0. The van der Waals surface area contributed by atoms with Crippen molar-refractivity contribution in [2.24, 2.45) is 0 Å². The van der Waals surface area contributed by atoms with Gasteiger partial charge in [-0.05, 0) is 13.8 Å². The highest BCUT2D eigenvalue weighted by Gasteiger charge is 1.93. The van der Waals surface area contributed by atoms with Gasteiger partial charge in [0.15, 0.2) is 0 Å². The molecule has 1 unspecified atom stereocenters. The molecule has 0 aromatic heterocycles.